The summed E-state index contributed by atoms with van der Waals surface area (Å²) < 4.78 is 56.6. The molecule has 1 aliphatic heterocycles. The minimum atomic E-state index is -4.56. The van der Waals surface area contributed by atoms with E-state index in [9.17, 15) is 17.6 Å². The first-order chi connectivity index (χ1) is 10.3. The van der Waals surface area contributed by atoms with Crippen LogP contribution in [0.15, 0.2) is 18.2 Å². The second kappa shape index (κ2) is 6.93. The van der Waals surface area contributed by atoms with E-state index in [2.05, 4.69) is 5.32 Å². The van der Waals surface area contributed by atoms with Gasteiger partial charge >= 0.3 is 6.18 Å². The Bertz CT molecular complexity index is 499. The molecule has 1 heterocycles. The van der Waals surface area contributed by atoms with E-state index in [1.165, 1.54) is 0 Å². The third kappa shape index (κ3) is 4.41. The second-order valence-corrected chi connectivity index (χ2v) is 5.73. The summed E-state index contributed by atoms with van der Waals surface area (Å²) in [4.78, 5) is 0. The summed E-state index contributed by atoms with van der Waals surface area (Å²) in [6.07, 6.45) is -3.21. The van der Waals surface area contributed by atoms with Crippen molar-refractivity contribution in [3.05, 3.63) is 35.1 Å². The van der Waals surface area contributed by atoms with Crippen molar-refractivity contribution in [2.45, 2.75) is 25.6 Å². The quantitative estimate of drug-likeness (QED) is 0.792. The minimum absolute atomic E-state index is 0.0310. The van der Waals surface area contributed by atoms with Gasteiger partial charge in [0.05, 0.1) is 12.2 Å². The number of benzene rings is 1. The summed E-state index contributed by atoms with van der Waals surface area (Å²) in [6, 6.07) is 2.52. The first-order valence-electron chi connectivity index (χ1n) is 7.11. The zero-order valence-corrected chi connectivity index (χ0v) is 12.0. The third-order valence-corrected chi connectivity index (χ3v) is 3.94. The number of aliphatic hydroxyl groups is 1. The molecule has 1 fully saturated rings. The molecular weight excluding hydrogens is 302 g/mol. The molecule has 7 heteroatoms. The van der Waals surface area contributed by atoms with Gasteiger partial charge in [0, 0.05) is 31.7 Å². The summed E-state index contributed by atoms with van der Waals surface area (Å²) >= 11 is 0. The fraction of sp³-hybridized carbons (Fsp3) is 0.600. The van der Waals surface area contributed by atoms with Crippen molar-refractivity contribution in [3.63, 3.8) is 0 Å². The van der Waals surface area contributed by atoms with Gasteiger partial charge in [0.25, 0.3) is 0 Å². The lowest BCUT2D eigenvalue weighted by Crippen LogP contribution is -2.35. The number of aliphatic hydroxyl groups excluding tert-OH is 1. The monoisotopic (exact) mass is 321 g/mol. The molecular formula is C15H19F4NO2. The van der Waals surface area contributed by atoms with Gasteiger partial charge in [0.15, 0.2) is 0 Å². The van der Waals surface area contributed by atoms with Gasteiger partial charge in [-0.15, -0.1) is 0 Å². The molecule has 2 rings (SSSR count). The molecule has 1 aliphatic rings. The van der Waals surface area contributed by atoms with E-state index in [1.807, 2.05) is 0 Å². The van der Waals surface area contributed by atoms with E-state index < -0.39 is 17.6 Å². The Morgan fingerprint density at radius 2 is 2.05 bits per heavy atom. The van der Waals surface area contributed by atoms with Gasteiger partial charge < -0.3 is 15.2 Å². The molecule has 0 aliphatic carbocycles. The predicted molar refractivity (Wildman–Crippen MR) is 72.7 cm³/mol. The maximum atomic E-state index is 13.3. The van der Waals surface area contributed by atoms with E-state index in [-0.39, 0.29) is 24.1 Å². The highest BCUT2D eigenvalue weighted by atomic mass is 19.4. The maximum absolute atomic E-state index is 13.3. The highest BCUT2D eigenvalue weighted by molar-refractivity contribution is 5.26. The number of ether oxygens (including phenoxy) is 1. The van der Waals surface area contributed by atoms with Gasteiger partial charge in [-0.3, -0.25) is 0 Å². The Hall–Kier alpha value is -1.18. The van der Waals surface area contributed by atoms with Crippen molar-refractivity contribution in [1.82, 2.24) is 5.32 Å². The van der Waals surface area contributed by atoms with E-state index >= 15 is 0 Å². The topological polar surface area (TPSA) is 41.5 Å². The van der Waals surface area contributed by atoms with Crippen molar-refractivity contribution in [3.8, 4) is 0 Å². The van der Waals surface area contributed by atoms with Crippen LogP contribution in [0.3, 0.4) is 0 Å². The van der Waals surface area contributed by atoms with E-state index in [4.69, 9.17) is 9.84 Å². The van der Waals surface area contributed by atoms with E-state index in [0.717, 1.165) is 18.6 Å². The van der Waals surface area contributed by atoms with Gasteiger partial charge in [0.1, 0.15) is 5.82 Å². The smallest absolute Gasteiger partial charge is 0.396 e. The van der Waals surface area contributed by atoms with Crippen molar-refractivity contribution in [2.75, 3.05) is 26.4 Å². The Balaban J connectivity index is 1.98. The molecule has 0 bridgehead atoms. The first-order valence-corrected chi connectivity index (χ1v) is 7.11. The fourth-order valence-electron chi connectivity index (χ4n) is 2.70. The van der Waals surface area contributed by atoms with Gasteiger partial charge in [-0.2, -0.15) is 13.2 Å². The number of alkyl halides is 3. The Kier molecular flexibility index (Phi) is 5.41. The fourth-order valence-corrected chi connectivity index (χ4v) is 2.70. The summed E-state index contributed by atoms with van der Waals surface area (Å²) in [6.45, 7) is 1.79. The summed E-state index contributed by atoms with van der Waals surface area (Å²) in [5.41, 5.74) is -0.946. The number of hydrogen-bond acceptors (Lipinski definition) is 3. The first kappa shape index (κ1) is 17.2. The SMILES string of the molecule is OCCC1(CNCc2cc(F)cc(C(F)(F)F)c2)CCOC1. The van der Waals surface area contributed by atoms with Crippen molar-refractivity contribution >= 4 is 0 Å². The molecule has 1 unspecified atom stereocenters. The van der Waals surface area contributed by atoms with Crippen LogP contribution in [0.25, 0.3) is 0 Å². The number of nitrogens with one attached hydrogen (secondary N) is 1. The van der Waals surface area contributed by atoms with Crippen LogP contribution in [0.4, 0.5) is 17.6 Å². The second-order valence-electron chi connectivity index (χ2n) is 5.73. The number of halogens is 4. The Morgan fingerprint density at radius 3 is 2.64 bits per heavy atom. The summed E-state index contributed by atoms with van der Waals surface area (Å²) in [5, 5.41) is 12.2. The van der Waals surface area contributed by atoms with Crippen LogP contribution in [0.2, 0.25) is 0 Å². The molecule has 0 saturated carbocycles. The minimum Gasteiger partial charge on any atom is -0.396 e. The van der Waals surface area contributed by atoms with Gasteiger partial charge in [0.2, 0.25) is 0 Å². The molecule has 1 atom stereocenters. The molecule has 0 amide bonds. The lowest BCUT2D eigenvalue weighted by atomic mass is 9.84. The molecule has 0 radical (unpaired) electrons. The Labute approximate surface area is 126 Å². The predicted octanol–water partition coefficient (Wildman–Crippen LogP) is 2.72. The average molecular weight is 321 g/mol. The normalized spacial score (nSPS) is 22.2. The van der Waals surface area contributed by atoms with Crippen LogP contribution in [0.5, 0.6) is 0 Å². The number of hydrogen-bond donors (Lipinski definition) is 2. The van der Waals surface area contributed by atoms with Crippen LogP contribution in [0, 0.1) is 11.2 Å². The molecule has 0 aromatic heterocycles. The summed E-state index contributed by atoms with van der Waals surface area (Å²) in [7, 11) is 0. The van der Waals surface area contributed by atoms with Crippen LogP contribution in [-0.2, 0) is 17.5 Å². The largest absolute Gasteiger partial charge is 0.416 e. The molecule has 1 aromatic rings. The highest BCUT2D eigenvalue weighted by Crippen LogP contribution is 2.32. The standard InChI is InChI=1S/C15H19F4NO2/c16-13-6-11(5-12(7-13)15(17,18)19)8-20-9-14(1-3-21)2-4-22-10-14/h5-7,20-21H,1-4,8-10H2. The van der Waals surface area contributed by atoms with Crippen molar-refractivity contribution in [1.29, 1.82) is 0 Å². The van der Waals surface area contributed by atoms with E-state index in [0.29, 0.717) is 32.2 Å². The van der Waals surface area contributed by atoms with Gasteiger partial charge in [-0.05, 0) is 36.6 Å². The van der Waals surface area contributed by atoms with E-state index in [1.54, 1.807) is 0 Å². The number of rotatable bonds is 6. The zero-order chi connectivity index (χ0) is 16.2. The highest BCUT2D eigenvalue weighted by Gasteiger charge is 2.34. The van der Waals surface area contributed by atoms with Crippen LogP contribution >= 0.6 is 0 Å². The molecule has 124 valence electrons. The third-order valence-electron chi connectivity index (χ3n) is 3.94. The summed E-state index contributed by atoms with van der Waals surface area (Å²) in [5.74, 6) is -0.902. The van der Waals surface area contributed by atoms with Gasteiger partial charge in [-0.25, -0.2) is 4.39 Å². The molecule has 2 N–H and O–H groups in total. The van der Waals surface area contributed by atoms with Crippen LogP contribution in [-0.4, -0.2) is 31.5 Å². The molecule has 0 spiro atoms. The molecule has 1 saturated heterocycles. The molecule has 1 aromatic carbocycles. The lowest BCUT2D eigenvalue weighted by Gasteiger charge is -2.27. The van der Waals surface area contributed by atoms with Crippen molar-refractivity contribution in [2.24, 2.45) is 5.41 Å². The average Bonchev–Trinajstić information content (AvgIpc) is 2.86. The van der Waals surface area contributed by atoms with Crippen LogP contribution < -0.4 is 5.32 Å². The maximum Gasteiger partial charge on any atom is 0.416 e. The van der Waals surface area contributed by atoms with Gasteiger partial charge in [-0.1, -0.05) is 0 Å². The molecule has 22 heavy (non-hydrogen) atoms. The molecule has 3 nitrogen and oxygen atoms in total. The van der Waals surface area contributed by atoms with Crippen LogP contribution in [0.1, 0.15) is 24.0 Å². The Morgan fingerprint density at radius 1 is 1.27 bits per heavy atom. The van der Waals surface area contributed by atoms with Crippen molar-refractivity contribution < 1.29 is 27.4 Å². The lowest BCUT2D eigenvalue weighted by molar-refractivity contribution is -0.137. The zero-order valence-electron chi connectivity index (χ0n) is 12.0.